The first-order valence-electron chi connectivity index (χ1n) is 9.24. The maximum Gasteiger partial charge on any atom is 0.255 e. The van der Waals surface area contributed by atoms with Crippen LogP contribution in [-0.4, -0.2) is 32.2 Å². The fourth-order valence-electron chi connectivity index (χ4n) is 3.04. The highest BCUT2D eigenvalue weighted by Gasteiger charge is 2.17. The molecule has 0 aliphatic heterocycles. The van der Waals surface area contributed by atoms with Crippen LogP contribution in [0.2, 0.25) is 0 Å². The smallest absolute Gasteiger partial charge is 0.255 e. The first-order chi connectivity index (χ1) is 14.1. The zero-order chi connectivity index (χ0) is 20.6. The first-order valence-corrected chi connectivity index (χ1v) is 9.24. The van der Waals surface area contributed by atoms with Crippen molar-refractivity contribution in [2.75, 3.05) is 26.6 Å². The lowest BCUT2D eigenvalue weighted by Gasteiger charge is -2.14. The molecule has 6 nitrogen and oxygen atoms in total. The molecular weight excluding hydrogens is 368 g/mol. The predicted molar refractivity (Wildman–Crippen MR) is 112 cm³/mol. The van der Waals surface area contributed by atoms with Crippen molar-refractivity contribution < 1.29 is 19.0 Å². The zero-order valence-corrected chi connectivity index (χ0v) is 16.8. The van der Waals surface area contributed by atoms with Crippen LogP contribution in [-0.2, 0) is 12.8 Å². The Morgan fingerprint density at radius 1 is 0.897 bits per heavy atom. The quantitative estimate of drug-likeness (QED) is 0.624. The van der Waals surface area contributed by atoms with Crippen LogP contribution in [0.25, 0.3) is 0 Å². The lowest BCUT2D eigenvalue weighted by molar-refractivity contribution is 0.102. The standard InChI is InChI=1S/C23H24N2O4/c1-27-20-14-17(15-21(28-2)22(20)29-3)23(26)25-19-9-6-7-16(13-19)10-11-18-8-4-5-12-24-18/h4-9,12-15H,10-11H2,1-3H3,(H,25,26). The van der Waals surface area contributed by atoms with E-state index in [1.54, 1.807) is 18.3 Å². The second kappa shape index (κ2) is 9.59. The van der Waals surface area contributed by atoms with Gasteiger partial charge in [-0.25, -0.2) is 0 Å². The summed E-state index contributed by atoms with van der Waals surface area (Å²) in [6, 6.07) is 17.0. The topological polar surface area (TPSA) is 69.7 Å². The number of hydrogen-bond donors (Lipinski definition) is 1. The van der Waals surface area contributed by atoms with Crippen LogP contribution in [0, 0.1) is 0 Å². The minimum Gasteiger partial charge on any atom is -0.493 e. The monoisotopic (exact) mass is 392 g/mol. The molecule has 29 heavy (non-hydrogen) atoms. The minimum absolute atomic E-state index is 0.258. The van der Waals surface area contributed by atoms with Gasteiger partial charge in [0, 0.05) is 23.1 Å². The van der Waals surface area contributed by atoms with Gasteiger partial charge >= 0.3 is 0 Å². The summed E-state index contributed by atoms with van der Waals surface area (Å²) in [6.07, 6.45) is 3.47. The number of hydrogen-bond acceptors (Lipinski definition) is 5. The lowest BCUT2D eigenvalue weighted by Crippen LogP contribution is -2.13. The summed E-state index contributed by atoms with van der Waals surface area (Å²) in [4.78, 5) is 17.1. The third-order valence-corrected chi connectivity index (χ3v) is 4.51. The number of rotatable bonds is 8. The maximum atomic E-state index is 12.8. The Labute approximate surface area is 170 Å². The third kappa shape index (κ3) is 5.04. The van der Waals surface area contributed by atoms with Crippen molar-refractivity contribution in [1.29, 1.82) is 0 Å². The molecule has 0 saturated heterocycles. The molecule has 0 aliphatic carbocycles. The van der Waals surface area contributed by atoms with Gasteiger partial charge in [-0.15, -0.1) is 0 Å². The van der Waals surface area contributed by atoms with Gasteiger partial charge in [-0.1, -0.05) is 18.2 Å². The minimum atomic E-state index is -0.258. The molecule has 1 N–H and O–H groups in total. The van der Waals surface area contributed by atoms with Crippen LogP contribution >= 0.6 is 0 Å². The lowest BCUT2D eigenvalue weighted by atomic mass is 10.1. The van der Waals surface area contributed by atoms with Crippen molar-refractivity contribution in [3.63, 3.8) is 0 Å². The number of ether oxygens (including phenoxy) is 3. The Hall–Kier alpha value is -3.54. The zero-order valence-electron chi connectivity index (χ0n) is 16.8. The van der Waals surface area contributed by atoms with Crippen LogP contribution in [0.3, 0.4) is 0 Å². The van der Waals surface area contributed by atoms with E-state index < -0.39 is 0 Å². The number of anilines is 1. The number of aromatic nitrogens is 1. The van der Waals surface area contributed by atoms with E-state index in [-0.39, 0.29) is 5.91 Å². The van der Waals surface area contributed by atoms with Gasteiger partial charge < -0.3 is 19.5 Å². The summed E-state index contributed by atoms with van der Waals surface area (Å²) in [6.45, 7) is 0. The SMILES string of the molecule is COc1cc(C(=O)Nc2cccc(CCc3ccccn3)c2)cc(OC)c1OC. The van der Waals surface area contributed by atoms with Gasteiger partial charge in [-0.3, -0.25) is 9.78 Å². The molecule has 0 radical (unpaired) electrons. The second-order valence-corrected chi connectivity index (χ2v) is 6.39. The number of amides is 1. The molecule has 150 valence electrons. The number of aryl methyl sites for hydroxylation is 2. The number of carbonyl (C=O) groups is 1. The van der Waals surface area contributed by atoms with Gasteiger partial charge in [0.2, 0.25) is 5.75 Å². The normalized spacial score (nSPS) is 10.3. The molecule has 0 fully saturated rings. The largest absolute Gasteiger partial charge is 0.493 e. The molecule has 0 unspecified atom stereocenters. The molecule has 1 amide bonds. The number of benzene rings is 2. The Morgan fingerprint density at radius 2 is 1.66 bits per heavy atom. The van der Waals surface area contributed by atoms with Crippen LogP contribution in [0.1, 0.15) is 21.6 Å². The molecule has 6 heteroatoms. The van der Waals surface area contributed by atoms with E-state index in [1.807, 2.05) is 42.5 Å². The average Bonchev–Trinajstić information content (AvgIpc) is 2.77. The van der Waals surface area contributed by atoms with Gasteiger partial charge in [0.25, 0.3) is 5.91 Å². The van der Waals surface area contributed by atoms with Gasteiger partial charge in [0.1, 0.15) is 0 Å². The number of nitrogens with zero attached hydrogens (tertiary/aromatic N) is 1. The highest BCUT2D eigenvalue weighted by molar-refractivity contribution is 6.05. The van der Waals surface area contributed by atoms with Crippen molar-refractivity contribution >= 4 is 11.6 Å². The number of carbonyl (C=O) groups excluding carboxylic acids is 1. The summed E-state index contributed by atoms with van der Waals surface area (Å²) in [5, 5.41) is 2.93. The Balaban J connectivity index is 1.74. The van der Waals surface area contributed by atoms with Crippen LogP contribution in [0.15, 0.2) is 60.8 Å². The summed E-state index contributed by atoms with van der Waals surface area (Å²) in [5.41, 5.74) is 3.30. The molecule has 1 aromatic heterocycles. The third-order valence-electron chi connectivity index (χ3n) is 4.51. The molecular formula is C23H24N2O4. The average molecular weight is 392 g/mol. The number of pyridine rings is 1. The predicted octanol–water partition coefficient (Wildman–Crippen LogP) is 4.14. The van der Waals surface area contributed by atoms with E-state index in [0.29, 0.717) is 22.8 Å². The van der Waals surface area contributed by atoms with Gasteiger partial charge in [0.05, 0.1) is 21.3 Å². The summed E-state index contributed by atoms with van der Waals surface area (Å²) < 4.78 is 15.9. The molecule has 1 heterocycles. The summed E-state index contributed by atoms with van der Waals surface area (Å²) in [5.74, 6) is 1.05. The Bertz CT molecular complexity index is 949. The van der Waals surface area contributed by atoms with Crippen LogP contribution in [0.4, 0.5) is 5.69 Å². The maximum absolute atomic E-state index is 12.8. The van der Waals surface area contributed by atoms with E-state index in [1.165, 1.54) is 21.3 Å². The molecule has 0 spiro atoms. The van der Waals surface area contributed by atoms with Crippen LogP contribution in [0.5, 0.6) is 17.2 Å². The fourth-order valence-corrected chi connectivity index (χ4v) is 3.04. The van der Waals surface area contributed by atoms with Gasteiger partial charge in [-0.05, 0) is 54.8 Å². The molecule has 0 saturated carbocycles. The van der Waals surface area contributed by atoms with Crippen LogP contribution < -0.4 is 19.5 Å². The number of nitrogens with one attached hydrogen (secondary N) is 1. The second-order valence-electron chi connectivity index (χ2n) is 6.39. The fraction of sp³-hybridized carbons (Fsp3) is 0.217. The summed E-state index contributed by atoms with van der Waals surface area (Å²) >= 11 is 0. The van der Waals surface area contributed by atoms with Crippen molar-refractivity contribution in [2.45, 2.75) is 12.8 Å². The summed E-state index contributed by atoms with van der Waals surface area (Å²) in [7, 11) is 4.56. The van der Waals surface area contributed by atoms with Gasteiger partial charge in [-0.2, -0.15) is 0 Å². The van der Waals surface area contributed by atoms with Crippen molar-refractivity contribution in [3.05, 3.63) is 77.6 Å². The van der Waals surface area contributed by atoms with E-state index in [0.717, 1.165) is 29.8 Å². The van der Waals surface area contributed by atoms with Crippen molar-refractivity contribution in [1.82, 2.24) is 4.98 Å². The van der Waals surface area contributed by atoms with E-state index >= 15 is 0 Å². The molecule has 3 aromatic rings. The van der Waals surface area contributed by atoms with Gasteiger partial charge in [0.15, 0.2) is 11.5 Å². The molecule has 0 aliphatic rings. The van der Waals surface area contributed by atoms with Crippen molar-refractivity contribution in [3.8, 4) is 17.2 Å². The highest BCUT2D eigenvalue weighted by Crippen LogP contribution is 2.38. The molecule has 0 bridgehead atoms. The van der Waals surface area contributed by atoms with E-state index in [4.69, 9.17) is 14.2 Å². The molecule has 3 rings (SSSR count). The number of methoxy groups -OCH3 is 3. The van der Waals surface area contributed by atoms with E-state index in [9.17, 15) is 4.79 Å². The van der Waals surface area contributed by atoms with Crippen molar-refractivity contribution in [2.24, 2.45) is 0 Å². The molecule has 2 aromatic carbocycles. The Kier molecular flexibility index (Phi) is 6.68. The highest BCUT2D eigenvalue weighted by atomic mass is 16.5. The molecule has 0 atom stereocenters. The Morgan fingerprint density at radius 3 is 2.28 bits per heavy atom. The van der Waals surface area contributed by atoms with E-state index in [2.05, 4.69) is 10.3 Å². The first kappa shape index (κ1) is 20.2.